The van der Waals surface area contributed by atoms with Crippen LogP contribution in [0.1, 0.15) is 27.4 Å². The number of methoxy groups -OCH3 is 1. The molecule has 0 amide bonds. The number of aryl methyl sites for hydroxylation is 2. The zero-order valence-electron chi connectivity index (χ0n) is 15.6. The zero-order valence-corrected chi connectivity index (χ0v) is 15.6. The molecule has 0 saturated carbocycles. The molecule has 2 heterocycles. The molecule has 1 aliphatic rings. The Morgan fingerprint density at radius 2 is 2.00 bits per heavy atom. The molecular formula is C18H22N4O5. The van der Waals surface area contributed by atoms with Crippen LogP contribution in [0.4, 0.5) is 11.4 Å². The molecule has 144 valence electrons. The van der Waals surface area contributed by atoms with Gasteiger partial charge in [-0.2, -0.15) is 0 Å². The Hall–Kier alpha value is -2.94. The Morgan fingerprint density at radius 3 is 2.56 bits per heavy atom. The van der Waals surface area contributed by atoms with Crippen LogP contribution in [0, 0.1) is 24.0 Å². The SMILES string of the molecule is COC(=O)c1cc(N2CCN(Cc3c(C)noc3C)CC2)ccc1[N+](=O)[O-]. The van der Waals surface area contributed by atoms with Crippen LogP contribution in [0.3, 0.4) is 0 Å². The minimum Gasteiger partial charge on any atom is -0.465 e. The number of rotatable bonds is 5. The topological polar surface area (TPSA) is 102 Å². The van der Waals surface area contributed by atoms with Gasteiger partial charge in [-0.1, -0.05) is 5.16 Å². The highest BCUT2D eigenvalue weighted by molar-refractivity contribution is 5.95. The van der Waals surface area contributed by atoms with Crippen molar-refractivity contribution in [3.05, 3.63) is 50.9 Å². The van der Waals surface area contributed by atoms with Gasteiger partial charge < -0.3 is 14.2 Å². The van der Waals surface area contributed by atoms with Gasteiger partial charge >= 0.3 is 5.97 Å². The summed E-state index contributed by atoms with van der Waals surface area (Å²) < 4.78 is 9.90. The number of benzene rings is 1. The van der Waals surface area contributed by atoms with Gasteiger partial charge in [0.1, 0.15) is 11.3 Å². The fourth-order valence-corrected chi connectivity index (χ4v) is 3.27. The second-order valence-electron chi connectivity index (χ2n) is 6.52. The van der Waals surface area contributed by atoms with Crippen molar-refractivity contribution in [1.82, 2.24) is 10.1 Å². The number of hydrogen-bond acceptors (Lipinski definition) is 8. The molecule has 0 spiro atoms. The number of nitro groups is 1. The second kappa shape index (κ2) is 7.75. The van der Waals surface area contributed by atoms with Crippen LogP contribution in [-0.4, -0.2) is 54.2 Å². The van der Waals surface area contributed by atoms with E-state index in [9.17, 15) is 14.9 Å². The van der Waals surface area contributed by atoms with Crippen molar-refractivity contribution >= 4 is 17.3 Å². The lowest BCUT2D eigenvalue weighted by Crippen LogP contribution is -2.46. The number of nitro benzene ring substituents is 1. The molecule has 1 aromatic carbocycles. The smallest absolute Gasteiger partial charge is 0.344 e. The Labute approximate surface area is 156 Å². The van der Waals surface area contributed by atoms with Crippen molar-refractivity contribution in [3.8, 4) is 0 Å². The van der Waals surface area contributed by atoms with Crippen LogP contribution < -0.4 is 4.90 Å². The van der Waals surface area contributed by atoms with Crippen LogP contribution in [0.2, 0.25) is 0 Å². The number of anilines is 1. The van der Waals surface area contributed by atoms with Crippen molar-refractivity contribution in [2.75, 3.05) is 38.2 Å². The third kappa shape index (κ3) is 3.92. The fraction of sp³-hybridized carbons (Fsp3) is 0.444. The summed E-state index contributed by atoms with van der Waals surface area (Å²) in [5.41, 5.74) is 2.53. The fourth-order valence-electron chi connectivity index (χ4n) is 3.27. The average molecular weight is 374 g/mol. The Kier molecular flexibility index (Phi) is 5.41. The van der Waals surface area contributed by atoms with Crippen molar-refractivity contribution in [1.29, 1.82) is 0 Å². The summed E-state index contributed by atoms with van der Waals surface area (Å²) in [6.45, 7) is 7.79. The summed E-state index contributed by atoms with van der Waals surface area (Å²) in [6.07, 6.45) is 0. The van der Waals surface area contributed by atoms with Gasteiger partial charge in [0.15, 0.2) is 0 Å². The lowest BCUT2D eigenvalue weighted by molar-refractivity contribution is -0.385. The lowest BCUT2D eigenvalue weighted by Gasteiger charge is -2.36. The summed E-state index contributed by atoms with van der Waals surface area (Å²) >= 11 is 0. The van der Waals surface area contributed by atoms with Crippen molar-refractivity contribution < 1.29 is 19.0 Å². The zero-order chi connectivity index (χ0) is 19.6. The van der Waals surface area contributed by atoms with Crippen molar-refractivity contribution in [2.45, 2.75) is 20.4 Å². The number of aromatic nitrogens is 1. The molecule has 0 N–H and O–H groups in total. The predicted octanol–water partition coefficient (Wildman–Crippen LogP) is 2.31. The first-order chi connectivity index (χ1) is 12.9. The first-order valence-corrected chi connectivity index (χ1v) is 8.66. The molecule has 2 aromatic rings. The first kappa shape index (κ1) is 18.8. The number of carbonyl (C=O) groups is 1. The lowest BCUT2D eigenvalue weighted by atomic mass is 10.1. The van der Waals surface area contributed by atoms with E-state index in [1.165, 1.54) is 19.2 Å². The van der Waals surface area contributed by atoms with E-state index in [0.29, 0.717) is 0 Å². The van der Waals surface area contributed by atoms with Crippen LogP contribution in [0.25, 0.3) is 0 Å². The minimum atomic E-state index is -0.708. The maximum Gasteiger partial charge on any atom is 0.344 e. The number of nitrogens with zero attached hydrogens (tertiary/aromatic N) is 4. The molecule has 0 radical (unpaired) electrons. The predicted molar refractivity (Wildman–Crippen MR) is 97.9 cm³/mol. The largest absolute Gasteiger partial charge is 0.465 e. The van der Waals surface area contributed by atoms with Crippen molar-refractivity contribution in [3.63, 3.8) is 0 Å². The molecule has 0 bridgehead atoms. The van der Waals surface area contributed by atoms with Gasteiger partial charge in [-0.15, -0.1) is 0 Å². The third-order valence-corrected chi connectivity index (χ3v) is 4.88. The summed E-state index contributed by atoms with van der Waals surface area (Å²) in [4.78, 5) is 26.9. The Morgan fingerprint density at radius 1 is 1.30 bits per heavy atom. The standard InChI is InChI=1S/C18H22N4O5/c1-12-16(13(2)27-19-12)11-20-6-8-21(9-7-20)14-4-5-17(22(24)25)15(10-14)18(23)26-3/h4-5,10H,6-9,11H2,1-3H3. The van der Waals surface area contributed by atoms with Gasteiger partial charge in [0.25, 0.3) is 5.69 Å². The summed E-state index contributed by atoms with van der Waals surface area (Å²) in [7, 11) is 1.21. The van der Waals surface area contributed by atoms with Crippen LogP contribution in [0.5, 0.6) is 0 Å². The summed E-state index contributed by atoms with van der Waals surface area (Å²) in [5.74, 6) is 0.133. The molecule has 9 nitrogen and oxygen atoms in total. The molecule has 1 saturated heterocycles. The van der Waals surface area contributed by atoms with E-state index in [2.05, 4.69) is 19.7 Å². The molecule has 1 aliphatic heterocycles. The van der Waals surface area contributed by atoms with Gasteiger partial charge in [-0.05, 0) is 26.0 Å². The highest BCUT2D eigenvalue weighted by Crippen LogP contribution is 2.27. The second-order valence-corrected chi connectivity index (χ2v) is 6.52. The summed E-state index contributed by atoms with van der Waals surface area (Å²) in [6, 6.07) is 4.57. The Balaban J connectivity index is 1.70. The number of ether oxygens (including phenoxy) is 1. The number of esters is 1. The van der Waals surface area contributed by atoms with Gasteiger partial charge in [0, 0.05) is 50.0 Å². The highest BCUT2D eigenvalue weighted by Gasteiger charge is 2.25. The van der Waals surface area contributed by atoms with E-state index < -0.39 is 10.9 Å². The molecule has 27 heavy (non-hydrogen) atoms. The maximum absolute atomic E-state index is 11.9. The normalized spacial score (nSPS) is 15.0. The molecule has 0 aliphatic carbocycles. The number of carbonyl (C=O) groups excluding carboxylic acids is 1. The van der Waals surface area contributed by atoms with Crippen LogP contribution in [-0.2, 0) is 11.3 Å². The van der Waals surface area contributed by atoms with E-state index in [4.69, 9.17) is 4.52 Å². The maximum atomic E-state index is 11.9. The molecule has 1 aromatic heterocycles. The monoisotopic (exact) mass is 374 g/mol. The summed E-state index contributed by atoms with van der Waals surface area (Å²) in [5, 5.41) is 15.1. The van der Waals surface area contributed by atoms with Gasteiger partial charge in [-0.25, -0.2) is 4.79 Å². The van der Waals surface area contributed by atoms with E-state index in [-0.39, 0.29) is 11.3 Å². The van der Waals surface area contributed by atoms with E-state index >= 15 is 0 Å². The van der Waals surface area contributed by atoms with Gasteiger partial charge in [-0.3, -0.25) is 15.0 Å². The van der Waals surface area contributed by atoms with Gasteiger partial charge in [0.05, 0.1) is 17.7 Å². The quantitative estimate of drug-likeness (QED) is 0.446. The number of hydrogen-bond donors (Lipinski definition) is 0. The minimum absolute atomic E-state index is 0.0295. The third-order valence-electron chi connectivity index (χ3n) is 4.88. The van der Waals surface area contributed by atoms with Crippen LogP contribution >= 0.6 is 0 Å². The van der Waals surface area contributed by atoms with Crippen LogP contribution in [0.15, 0.2) is 22.7 Å². The molecule has 1 fully saturated rings. The van der Waals surface area contributed by atoms with E-state index in [1.54, 1.807) is 6.07 Å². The van der Waals surface area contributed by atoms with E-state index in [1.807, 2.05) is 13.8 Å². The Bertz CT molecular complexity index is 836. The van der Waals surface area contributed by atoms with Gasteiger partial charge in [0.2, 0.25) is 0 Å². The van der Waals surface area contributed by atoms with Crippen molar-refractivity contribution in [2.24, 2.45) is 0 Å². The first-order valence-electron chi connectivity index (χ1n) is 8.66. The highest BCUT2D eigenvalue weighted by atomic mass is 16.6. The molecule has 9 heteroatoms. The molecule has 3 rings (SSSR count). The molecule has 0 unspecified atom stereocenters. The average Bonchev–Trinajstić information content (AvgIpc) is 2.99. The molecule has 0 atom stereocenters. The van der Waals surface area contributed by atoms with E-state index in [0.717, 1.165) is 55.4 Å². The molecular weight excluding hydrogens is 352 g/mol. The number of piperazine rings is 1.